The molecule has 0 saturated heterocycles. The quantitative estimate of drug-likeness (QED) is 0.661. The average molecular weight is 315 g/mol. The van der Waals surface area contributed by atoms with Gasteiger partial charge in [0.2, 0.25) is 0 Å². The molecule has 112 valence electrons. The van der Waals surface area contributed by atoms with Gasteiger partial charge in [-0.3, -0.25) is 9.59 Å². The lowest BCUT2D eigenvalue weighted by molar-refractivity contribution is -0.136. The Balaban J connectivity index is 2.54. The second-order valence-electron chi connectivity index (χ2n) is 4.67. The van der Waals surface area contributed by atoms with Crippen molar-refractivity contribution in [3.05, 3.63) is 45.7 Å². The fraction of sp³-hybridized carbons (Fsp3) is 0.200. The Kier molecular flexibility index (Phi) is 4.63. The number of carboxylic acids is 1. The highest BCUT2D eigenvalue weighted by atomic mass is 32.2. The molecule has 0 saturated carbocycles. The van der Waals surface area contributed by atoms with Crippen LogP contribution in [0.2, 0.25) is 0 Å². The van der Waals surface area contributed by atoms with Crippen molar-refractivity contribution in [3.8, 4) is 17.3 Å². The molecule has 1 atom stereocenters. The second kappa shape index (κ2) is 6.45. The molecule has 7 heteroatoms. The molecule has 0 bridgehead atoms. The summed E-state index contributed by atoms with van der Waals surface area (Å²) in [5.74, 6) is -1.01. The third-order valence-corrected chi connectivity index (χ3v) is 3.94. The molecule has 6 nitrogen and oxygen atoms in total. The highest BCUT2D eigenvalue weighted by molar-refractivity contribution is 8.00. The van der Waals surface area contributed by atoms with Gasteiger partial charge in [0.25, 0.3) is 5.56 Å². The van der Waals surface area contributed by atoms with Crippen molar-refractivity contribution in [1.82, 2.24) is 9.97 Å². The Bertz CT molecular complexity index is 806. The van der Waals surface area contributed by atoms with Gasteiger partial charge in [-0.1, -0.05) is 41.6 Å². The second-order valence-corrected chi connectivity index (χ2v) is 6.00. The molecule has 1 aromatic heterocycles. The molecule has 0 fully saturated rings. The van der Waals surface area contributed by atoms with Crippen LogP contribution in [0.1, 0.15) is 18.1 Å². The standard InChI is InChI=1S/C15H13N3O3S/c1-8-3-5-10(6-4-8)12-11(7-16)13(19)18-15(17-12)22-9(2)14(20)21/h3-6,9H,1-2H3,(H,20,21)(H,17,18,19). The van der Waals surface area contributed by atoms with Crippen molar-refractivity contribution in [3.63, 3.8) is 0 Å². The summed E-state index contributed by atoms with van der Waals surface area (Å²) in [6.45, 7) is 3.42. The van der Waals surface area contributed by atoms with Crippen molar-refractivity contribution in [2.24, 2.45) is 0 Å². The molecule has 1 heterocycles. The van der Waals surface area contributed by atoms with E-state index in [1.54, 1.807) is 12.1 Å². The van der Waals surface area contributed by atoms with Crippen molar-refractivity contribution >= 4 is 17.7 Å². The van der Waals surface area contributed by atoms with Crippen LogP contribution in [0.15, 0.2) is 34.2 Å². The summed E-state index contributed by atoms with van der Waals surface area (Å²) < 4.78 is 0. The van der Waals surface area contributed by atoms with Crippen LogP contribution in [0.4, 0.5) is 0 Å². The van der Waals surface area contributed by atoms with Crippen LogP contribution in [0.5, 0.6) is 0 Å². The molecule has 0 amide bonds. The van der Waals surface area contributed by atoms with Gasteiger partial charge in [0, 0.05) is 5.56 Å². The lowest BCUT2D eigenvalue weighted by atomic mass is 10.1. The Morgan fingerprint density at radius 3 is 2.59 bits per heavy atom. The number of aliphatic carboxylic acids is 1. The van der Waals surface area contributed by atoms with E-state index in [1.165, 1.54) is 6.92 Å². The lowest BCUT2D eigenvalue weighted by Crippen LogP contribution is -2.17. The fourth-order valence-corrected chi connectivity index (χ4v) is 2.48. The van der Waals surface area contributed by atoms with Gasteiger partial charge >= 0.3 is 5.97 Å². The molecular formula is C15H13N3O3S. The number of nitriles is 1. The van der Waals surface area contributed by atoms with E-state index in [1.807, 2.05) is 25.1 Å². The predicted molar refractivity (Wildman–Crippen MR) is 82.7 cm³/mol. The number of rotatable bonds is 4. The summed E-state index contributed by atoms with van der Waals surface area (Å²) >= 11 is 0.921. The van der Waals surface area contributed by atoms with Gasteiger partial charge in [0.1, 0.15) is 16.9 Å². The minimum atomic E-state index is -1.01. The number of H-pyrrole nitrogens is 1. The molecule has 22 heavy (non-hydrogen) atoms. The van der Waals surface area contributed by atoms with Gasteiger partial charge < -0.3 is 10.1 Å². The number of hydrogen-bond acceptors (Lipinski definition) is 5. The summed E-state index contributed by atoms with van der Waals surface area (Å²) in [6, 6.07) is 9.10. The summed E-state index contributed by atoms with van der Waals surface area (Å²) in [5.41, 5.74) is 1.27. The minimum absolute atomic E-state index is 0.0869. The highest BCUT2D eigenvalue weighted by Crippen LogP contribution is 2.24. The van der Waals surface area contributed by atoms with Crippen molar-refractivity contribution < 1.29 is 9.90 Å². The number of thioether (sulfide) groups is 1. The van der Waals surface area contributed by atoms with E-state index in [0.29, 0.717) is 5.56 Å². The van der Waals surface area contributed by atoms with Crippen LogP contribution in [-0.4, -0.2) is 26.3 Å². The molecule has 0 aliphatic carbocycles. The number of nitrogens with one attached hydrogen (secondary N) is 1. The number of carbonyl (C=O) groups is 1. The number of aryl methyl sites for hydroxylation is 1. The van der Waals surface area contributed by atoms with E-state index in [-0.39, 0.29) is 16.4 Å². The Labute approximate surface area is 130 Å². The summed E-state index contributed by atoms with van der Waals surface area (Å²) in [4.78, 5) is 29.6. The number of nitrogens with zero attached hydrogens (tertiary/aromatic N) is 2. The van der Waals surface area contributed by atoms with Crippen LogP contribution in [0.25, 0.3) is 11.3 Å². The molecule has 2 aromatic rings. The summed E-state index contributed by atoms with van der Waals surface area (Å²) in [6.07, 6.45) is 0. The SMILES string of the molecule is Cc1ccc(-c2nc(SC(C)C(=O)O)[nH]c(=O)c2C#N)cc1. The predicted octanol–water partition coefficient (Wildman–Crippen LogP) is 2.18. The zero-order valence-corrected chi connectivity index (χ0v) is 12.8. The molecule has 0 aliphatic rings. The highest BCUT2D eigenvalue weighted by Gasteiger charge is 2.18. The maximum absolute atomic E-state index is 12.0. The minimum Gasteiger partial charge on any atom is -0.480 e. The maximum atomic E-state index is 12.0. The van der Waals surface area contributed by atoms with Crippen molar-refractivity contribution in [2.75, 3.05) is 0 Å². The van der Waals surface area contributed by atoms with E-state index in [2.05, 4.69) is 9.97 Å². The number of benzene rings is 1. The third-order valence-electron chi connectivity index (χ3n) is 2.97. The summed E-state index contributed by atoms with van der Waals surface area (Å²) in [7, 11) is 0. The first kappa shape index (κ1) is 15.8. The molecule has 1 aromatic carbocycles. The molecule has 1 unspecified atom stereocenters. The van der Waals surface area contributed by atoms with Crippen LogP contribution < -0.4 is 5.56 Å². The maximum Gasteiger partial charge on any atom is 0.316 e. The van der Waals surface area contributed by atoms with Crippen molar-refractivity contribution in [1.29, 1.82) is 5.26 Å². The van der Waals surface area contributed by atoms with Crippen LogP contribution in [0, 0.1) is 18.3 Å². The monoisotopic (exact) mass is 315 g/mol. The Morgan fingerprint density at radius 2 is 2.05 bits per heavy atom. The van der Waals surface area contributed by atoms with Crippen LogP contribution in [0.3, 0.4) is 0 Å². The van der Waals surface area contributed by atoms with Gasteiger partial charge in [-0.25, -0.2) is 4.98 Å². The fourth-order valence-electron chi connectivity index (χ4n) is 1.75. The molecular weight excluding hydrogens is 302 g/mol. The van der Waals surface area contributed by atoms with Gasteiger partial charge in [0.05, 0.1) is 5.69 Å². The normalized spacial score (nSPS) is 11.7. The van der Waals surface area contributed by atoms with E-state index < -0.39 is 16.8 Å². The zero-order valence-electron chi connectivity index (χ0n) is 12.0. The Hall–Kier alpha value is -2.59. The zero-order chi connectivity index (χ0) is 16.3. The molecule has 0 radical (unpaired) electrons. The van der Waals surface area contributed by atoms with E-state index >= 15 is 0 Å². The number of carboxylic acid groups (broad SMARTS) is 1. The van der Waals surface area contributed by atoms with Crippen LogP contribution in [-0.2, 0) is 4.79 Å². The first-order valence-electron chi connectivity index (χ1n) is 6.43. The molecule has 2 rings (SSSR count). The largest absolute Gasteiger partial charge is 0.480 e. The first-order chi connectivity index (χ1) is 10.4. The first-order valence-corrected chi connectivity index (χ1v) is 7.31. The number of hydrogen-bond donors (Lipinski definition) is 2. The Morgan fingerprint density at radius 1 is 1.41 bits per heavy atom. The van der Waals surface area contributed by atoms with Gasteiger partial charge in [-0.2, -0.15) is 5.26 Å². The smallest absolute Gasteiger partial charge is 0.316 e. The lowest BCUT2D eigenvalue weighted by Gasteiger charge is -2.08. The van der Waals surface area contributed by atoms with Gasteiger partial charge in [-0.15, -0.1) is 0 Å². The number of aromatic nitrogens is 2. The third kappa shape index (κ3) is 3.35. The van der Waals surface area contributed by atoms with Gasteiger partial charge in [0.15, 0.2) is 5.16 Å². The van der Waals surface area contributed by atoms with E-state index in [0.717, 1.165) is 17.3 Å². The van der Waals surface area contributed by atoms with E-state index in [9.17, 15) is 9.59 Å². The van der Waals surface area contributed by atoms with Crippen molar-refractivity contribution in [2.45, 2.75) is 24.3 Å². The van der Waals surface area contributed by atoms with Crippen LogP contribution >= 0.6 is 11.8 Å². The van der Waals surface area contributed by atoms with E-state index in [4.69, 9.17) is 10.4 Å². The topological polar surface area (TPSA) is 107 Å². The summed E-state index contributed by atoms with van der Waals surface area (Å²) in [5, 5.41) is 17.5. The van der Waals surface area contributed by atoms with Gasteiger partial charge in [-0.05, 0) is 13.8 Å². The average Bonchev–Trinajstić information content (AvgIpc) is 2.47. The molecule has 0 spiro atoms. The number of aromatic amines is 1. The molecule has 2 N–H and O–H groups in total. The molecule has 0 aliphatic heterocycles.